The molecule has 0 amide bonds. The fourth-order valence-electron chi connectivity index (χ4n) is 3.40. The van der Waals surface area contributed by atoms with Crippen LogP contribution in [0.4, 0.5) is 17.6 Å². The molecule has 36 heavy (non-hydrogen) atoms. The van der Waals surface area contributed by atoms with Crippen molar-refractivity contribution in [2.75, 3.05) is 18.1 Å². The summed E-state index contributed by atoms with van der Waals surface area (Å²) in [7, 11) is 0.815. The maximum atomic E-state index is 14.6. The van der Waals surface area contributed by atoms with Gasteiger partial charge in [-0.1, -0.05) is 23.4 Å². The average molecular weight is 569 g/mol. The minimum Gasteiger partial charge on any atom is -0.466 e. The van der Waals surface area contributed by atoms with Crippen molar-refractivity contribution in [3.05, 3.63) is 55.6 Å². The highest BCUT2D eigenvalue weighted by Crippen LogP contribution is 2.51. The molecule has 0 radical (unpaired) electrons. The van der Waals surface area contributed by atoms with E-state index in [-0.39, 0.29) is 60.4 Å². The van der Waals surface area contributed by atoms with Crippen molar-refractivity contribution in [2.45, 2.75) is 37.3 Å². The second-order valence-electron chi connectivity index (χ2n) is 8.21. The summed E-state index contributed by atoms with van der Waals surface area (Å²) < 4.78 is 59.3. The molecule has 0 bridgehead atoms. The summed E-state index contributed by atoms with van der Waals surface area (Å²) in [5, 5.41) is -0.337. The van der Waals surface area contributed by atoms with Crippen molar-refractivity contribution in [3.63, 3.8) is 0 Å². The van der Waals surface area contributed by atoms with Crippen LogP contribution >= 0.6 is 35.1 Å². The Morgan fingerprint density at radius 2 is 1.86 bits per heavy atom. The predicted octanol–water partition coefficient (Wildman–Crippen LogP) is 4.43. The second kappa shape index (κ2) is 11.0. The van der Waals surface area contributed by atoms with Crippen LogP contribution in [0.25, 0.3) is 5.69 Å². The fourth-order valence-corrected chi connectivity index (χ4v) is 5.75. The van der Waals surface area contributed by atoms with Gasteiger partial charge in [-0.25, -0.2) is 13.8 Å². The van der Waals surface area contributed by atoms with E-state index in [1.54, 1.807) is 6.92 Å². The maximum Gasteiger partial charge on any atom is 0.431 e. The number of hydrogen-bond acceptors (Lipinski definition) is 7. The zero-order valence-electron chi connectivity index (χ0n) is 19.1. The Hall–Kier alpha value is -2.25. The monoisotopic (exact) mass is 568 g/mol. The molecular weight excluding hydrogens is 548 g/mol. The molecule has 196 valence electrons. The molecule has 1 aliphatic rings. The lowest BCUT2D eigenvalue weighted by Gasteiger charge is -2.15. The minimum absolute atomic E-state index is 0.0924. The van der Waals surface area contributed by atoms with E-state index in [9.17, 15) is 36.7 Å². The van der Waals surface area contributed by atoms with E-state index in [0.29, 0.717) is 5.75 Å². The highest BCUT2D eigenvalue weighted by Gasteiger charge is 2.45. The number of nitrogens with zero attached hydrogens (tertiary/aromatic N) is 2. The maximum absolute atomic E-state index is 14.6. The number of esters is 1. The van der Waals surface area contributed by atoms with Crippen molar-refractivity contribution in [3.8, 4) is 5.69 Å². The lowest BCUT2D eigenvalue weighted by Crippen LogP contribution is -2.41. The van der Waals surface area contributed by atoms with E-state index in [1.165, 1.54) is 0 Å². The first kappa shape index (κ1) is 28.3. The molecule has 0 atom stereocenters. The standard InChI is InChI=1S/C22H21ClF4N2O5S2/c1-3-34-18(31)9-21(4-5-21)11-36-19(32)10-35-15-7-14(13(24)6-12(15)23)29-17(30)8-16(22(25,26)27)28(2)20(29)33/h6-8H,3-5,9-11H2,1-2H3. The van der Waals surface area contributed by atoms with Gasteiger partial charge >= 0.3 is 17.8 Å². The lowest BCUT2D eigenvalue weighted by molar-refractivity contribution is -0.145. The van der Waals surface area contributed by atoms with Gasteiger partial charge < -0.3 is 4.74 Å². The van der Waals surface area contributed by atoms with Crippen LogP contribution < -0.4 is 11.2 Å². The molecule has 0 spiro atoms. The summed E-state index contributed by atoms with van der Waals surface area (Å²) in [6.07, 6.45) is -3.11. The van der Waals surface area contributed by atoms with Crippen molar-refractivity contribution in [1.82, 2.24) is 9.13 Å². The molecule has 7 nitrogen and oxygen atoms in total. The number of carbonyl (C=O) groups is 2. The normalized spacial score (nSPS) is 14.5. The molecule has 1 saturated carbocycles. The molecular formula is C22H21ClF4N2O5S2. The van der Waals surface area contributed by atoms with E-state index >= 15 is 0 Å². The van der Waals surface area contributed by atoms with Gasteiger partial charge in [-0.3, -0.25) is 19.0 Å². The Balaban J connectivity index is 1.76. The Morgan fingerprint density at radius 1 is 1.19 bits per heavy atom. The number of halogens is 5. The first-order chi connectivity index (χ1) is 16.8. The predicted molar refractivity (Wildman–Crippen MR) is 128 cm³/mol. The number of thioether (sulfide) groups is 2. The molecule has 1 fully saturated rings. The third-order valence-electron chi connectivity index (χ3n) is 5.52. The van der Waals surface area contributed by atoms with Gasteiger partial charge in [0.15, 0.2) is 5.12 Å². The number of hydrogen-bond donors (Lipinski definition) is 0. The number of benzene rings is 1. The van der Waals surface area contributed by atoms with Crippen LogP contribution in [0.15, 0.2) is 32.7 Å². The number of aromatic nitrogens is 2. The van der Waals surface area contributed by atoms with Gasteiger partial charge in [-0.2, -0.15) is 13.2 Å². The minimum atomic E-state index is -4.96. The van der Waals surface area contributed by atoms with Crippen LogP contribution in [0, 0.1) is 11.2 Å². The quantitative estimate of drug-likeness (QED) is 0.251. The number of carbonyl (C=O) groups excluding carboxylic acids is 2. The van der Waals surface area contributed by atoms with Crippen LogP contribution in [-0.4, -0.2) is 38.3 Å². The molecule has 1 aromatic carbocycles. The summed E-state index contributed by atoms with van der Waals surface area (Å²) >= 11 is 8.04. The smallest absolute Gasteiger partial charge is 0.431 e. The van der Waals surface area contributed by atoms with Gasteiger partial charge in [0, 0.05) is 23.8 Å². The fraction of sp³-hybridized carbons (Fsp3) is 0.455. The second-order valence-corrected chi connectivity index (χ2v) is 10.7. The van der Waals surface area contributed by atoms with Crippen molar-refractivity contribution in [2.24, 2.45) is 12.5 Å². The summed E-state index contributed by atoms with van der Waals surface area (Å²) in [5.41, 5.74) is -5.09. The van der Waals surface area contributed by atoms with Crippen LogP contribution in [0.3, 0.4) is 0 Å². The van der Waals surface area contributed by atoms with Crippen LogP contribution in [-0.2, 0) is 27.5 Å². The molecule has 2 aromatic rings. The van der Waals surface area contributed by atoms with Crippen LogP contribution in [0.5, 0.6) is 0 Å². The van der Waals surface area contributed by atoms with Crippen molar-refractivity contribution < 1.29 is 31.9 Å². The van der Waals surface area contributed by atoms with E-state index in [2.05, 4.69) is 0 Å². The Morgan fingerprint density at radius 3 is 2.44 bits per heavy atom. The number of alkyl halides is 3. The SMILES string of the molecule is CCOC(=O)CC1(CSC(=O)CSc2cc(-n3c(=O)cc(C(F)(F)F)n(C)c3=O)c(F)cc2Cl)CC1. The van der Waals surface area contributed by atoms with Gasteiger partial charge in [0.2, 0.25) is 0 Å². The summed E-state index contributed by atoms with van der Waals surface area (Å²) in [6.45, 7) is 1.99. The Bertz CT molecular complexity index is 1310. The third kappa shape index (κ3) is 6.54. The lowest BCUT2D eigenvalue weighted by atomic mass is 10.1. The summed E-state index contributed by atoms with van der Waals surface area (Å²) in [4.78, 5) is 49.1. The zero-order valence-corrected chi connectivity index (χ0v) is 21.5. The number of ether oxygens (including phenoxy) is 1. The molecule has 0 unspecified atom stereocenters. The molecule has 0 aliphatic heterocycles. The van der Waals surface area contributed by atoms with Gasteiger partial charge in [0.05, 0.1) is 29.5 Å². The van der Waals surface area contributed by atoms with Gasteiger partial charge in [-0.05, 0) is 37.3 Å². The number of rotatable bonds is 9. The van der Waals surface area contributed by atoms with Gasteiger partial charge in [0.25, 0.3) is 5.56 Å². The van der Waals surface area contributed by atoms with Crippen LogP contribution in [0.2, 0.25) is 5.02 Å². The first-order valence-corrected chi connectivity index (χ1v) is 13.0. The van der Waals surface area contributed by atoms with Crippen molar-refractivity contribution in [1.29, 1.82) is 0 Å². The summed E-state index contributed by atoms with van der Waals surface area (Å²) in [6, 6.07) is 2.06. The highest BCUT2D eigenvalue weighted by molar-refractivity contribution is 8.15. The first-order valence-electron chi connectivity index (χ1n) is 10.6. The van der Waals surface area contributed by atoms with E-state index < -0.39 is 34.6 Å². The van der Waals surface area contributed by atoms with Crippen molar-refractivity contribution >= 4 is 46.2 Å². The largest absolute Gasteiger partial charge is 0.466 e. The van der Waals surface area contributed by atoms with E-state index in [1.807, 2.05) is 0 Å². The molecule has 1 aliphatic carbocycles. The topological polar surface area (TPSA) is 87.4 Å². The van der Waals surface area contributed by atoms with E-state index in [0.717, 1.165) is 55.5 Å². The zero-order chi connectivity index (χ0) is 26.8. The molecule has 1 aromatic heterocycles. The highest BCUT2D eigenvalue weighted by atomic mass is 35.5. The van der Waals surface area contributed by atoms with E-state index in [4.69, 9.17) is 16.3 Å². The van der Waals surface area contributed by atoms with Crippen LogP contribution in [0.1, 0.15) is 31.9 Å². The summed E-state index contributed by atoms with van der Waals surface area (Å²) in [5.74, 6) is -1.07. The average Bonchev–Trinajstić information content (AvgIpc) is 3.54. The molecule has 3 rings (SSSR count). The molecule has 14 heteroatoms. The Labute approximate surface area is 216 Å². The third-order valence-corrected chi connectivity index (χ3v) is 8.41. The molecule has 1 heterocycles. The van der Waals surface area contributed by atoms with Gasteiger partial charge in [-0.15, -0.1) is 11.8 Å². The van der Waals surface area contributed by atoms with Gasteiger partial charge in [0.1, 0.15) is 11.5 Å². The molecule has 0 N–H and O–H groups in total. The Kier molecular flexibility index (Phi) is 8.67. The molecule has 0 saturated heterocycles.